The van der Waals surface area contributed by atoms with Gasteiger partial charge in [-0.25, -0.2) is 9.37 Å². The van der Waals surface area contributed by atoms with E-state index in [0.717, 1.165) is 71.4 Å². The molecule has 6 nitrogen and oxygen atoms in total. The summed E-state index contributed by atoms with van der Waals surface area (Å²) in [4.78, 5) is 8.76. The summed E-state index contributed by atoms with van der Waals surface area (Å²) in [7, 11) is 0. The number of benzene rings is 1. The number of aromatic nitrogens is 3. The molecular weight excluding hydrogens is 513 g/mol. The van der Waals surface area contributed by atoms with Crippen molar-refractivity contribution in [2.45, 2.75) is 69.7 Å². The molecular formula is C28H27ClFN3O3S. The number of ether oxygens (including phenoxy) is 1. The zero-order valence-electron chi connectivity index (χ0n) is 20.4. The van der Waals surface area contributed by atoms with Crippen LogP contribution in [0.25, 0.3) is 21.5 Å². The van der Waals surface area contributed by atoms with E-state index in [1.807, 2.05) is 13.0 Å². The van der Waals surface area contributed by atoms with Crippen LogP contribution in [0.5, 0.6) is 0 Å². The lowest BCUT2D eigenvalue weighted by molar-refractivity contribution is -0.116. The molecule has 3 saturated carbocycles. The van der Waals surface area contributed by atoms with Crippen molar-refractivity contribution in [3.63, 3.8) is 0 Å². The molecule has 3 fully saturated rings. The Morgan fingerprint density at radius 1 is 1.19 bits per heavy atom. The summed E-state index contributed by atoms with van der Waals surface area (Å²) < 4.78 is 27.4. The van der Waals surface area contributed by atoms with Gasteiger partial charge in [0.2, 0.25) is 0 Å². The standard InChI is InChI=1S/C28H27ClFN3O3S/c1-14-11-31-12-20(29)23(14)24-19(26(36-33-24)15-5-6-15)13-35-18-9-16-7-8-17(10-18)28(16,34)27-32-25-21(30)3-2-4-22(25)37-27/h2-4,11-12,15-18,34H,5-10,13H2,1H3/t16-,17+,18-,28+. The molecule has 0 saturated heterocycles. The molecule has 3 aromatic heterocycles. The lowest BCUT2D eigenvalue weighted by Gasteiger charge is -2.41. The van der Waals surface area contributed by atoms with Crippen LogP contribution in [0.1, 0.15) is 66.3 Å². The van der Waals surface area contributed by atoms with Crippen molar-refractivity contribution >= 4 is 33.2 Å². The number of halogens is 2. The second-order valence-electron chi connectivity index (χ2n) is 10.8. The number of pyridine rings is 1. The molecule has 0 amide bonds. The monoisotopic (exact) mass is 539 g/mol. The fourth-order valence-electron chi connectivity index (χ4n) is 6.43. The minimum absolute atomic E-state index is 0.00713. The van der Waals surface area contributed by atoms with Gasteiger partial charge in [-0.1, -0.05) is 22.8 Å². The molecule has 37 heavy (non-hydrogen) atoms. The second-order valence-corrected chi connectivity index (χ2v) is 12.2. The maximum absolute atomic E-state index is 14.3. The molecule has 3 heterocycles. The highest BCUT2D eigenvalue weighted by Crippen LogP contribution is 2.57. The fraction of sp³-hybridized carbons (Fsp3) is 0.464. The molecule has 0 radical (unpaired) electrons. The maximum Gasteiger partial charge on any atom is 0.150 e. The van der Waals surface area contributed by atoms with Crippen LogP contribution < -0.4 is 0 Å². The molecule has 2 bridgehead atoms. The molecule has 1 N–H and O–H groups in total. The van der Waals surface area contributed by atoms with Crippen molar-refractivity contribution in [1.82, 2.24) is 15.1 Å². The first kappa shape index (κ1) is 23.7. The summed E-state index contributed by atoms with van der Waals surface area (Å²) in [6, 6.07) is 4.98. The summed E-state index contributed by atoms with van der Waals surface area (Å²) in [6.45, 7) is 2.36. The summed E-state index contributed by atoms with van der Waals surface area (Å²) in [5.74, 6) is 0.999. The van der Waals surface area contributed by atoms with Crippen molar-refractivity contribution in [1.29, 1.82) is 0 Å². The minimum Gasteiger partial charge on any atom is -0.382 e. The first-order chi connectivity index (χ1) is 17.9. The number of hydrogen-bond acceptors (Lipinski definition) is 7. The average Bonchev–Trinajstić information content (AvgIpc) is 3.45. The molecule has 0 spiro atoms. The highest BCUT2D eigenvalue weighted by Gasteiger charge is 2.56. The van der Waals surface area contributed by atoms with Gasteiger partial charge in [-0.2, -0.15) is 0 Å². The Balaban J connectivity index is 1.14. The Hall–Kier alpha value is -2.39. The van der Waals surface area contributed by atoms with Crippen LogP contribution in [-0.4, -0.2) is 26.3 Å². The topological polar surface area (TPSA) is 81.3 Å². The molecule has 0 aliphatic heterocycles. The number of para-hydroxylation sites is 1. The van der Waals surface area contributed by atoms with Gasteiger partial charge < -0.3 is 14.4 Å². The van der Waals surface area contributed by atoms with Gasteiger partial charge in [-0.3, -0.25) is 4.98 Å². The van der Waals surface area contributed by atoms with Gasteiger partial charge in [-0.05, 0) is 75.0 Å². The van der Waals surface area contributed by atoms with Gasteiger partial charge in [0.15, 0.2) is 0 Å². The van der Waals surface area contributed by atoms with Crippen LogP contribution in [0.4, 0.5) is 4.39 Å². The predicted molar refractivity (Wildman–Crippen MR) is 139 cm³/mol. The van der Waals surface area contributed by atoms with Gasteiger partial charge in [-0.15, -0.1) is 11.3 Å². The third-order valence-corrected chi connectivity index (χ3v) is 9.92. The molecule has 0 unspecified atom stereocenters. The minimum atomic E-state index is -1.03. The molecule has 4 atom stereocenters. The molecule has 1 aromatic carbocycles. The van der Waals surface area contributed by atoms with E-state index in [4.69, 9.17) is 20.9 Å². The van der Waals surface area contributed by atoms with Crippen molar-refractivity contribution < 1.29 is 18.8 Å². The molecule has 3 aliphatic rings. The first-order valence-corrected chi connectivity index (χ1v) is 14.1. The average molecular weight is 540 g/mol. The number of rotatable bonds is 6. The lowest BCUT2D eigenvalue weighted by atomic mass is 9.73. The van der Waals surface area contributed by atoms with Gasteiger partial charge in [0.1, 0.15) is 33.4 Å². The van der Waals surface area contributed by atoms with Gasteiger partial charge in [0.05, 0.1) is 22.4 Å². The van der Waals surface area contributed by atoms with E-state index in [-0.39, 0.29) is 23.8 Å². The normalized spacial score (nSPS) is 27.3. The van der Waals surface area contributed by atoms with Crippen molar-refractivity contribution in [2.24, 2.45) is 11.8 Å². The summed E-state index contributed by atoms with van der Waals surface area (Å²) in [5.41, 5.74) is 2.81. The predicted octanol–water partition coefficient (Wildman–Crippen LogP) is 6.92. The van der Waals surface area contributed by atoms with Gasteiger partial charge in [0.25, 0.3) is 0 Å². The molecule has 3 aliphatic carbocycles. The Bertz CT molecular complexity index is 1470. The van der Waals surface area contributed by atoms with Crippen LogP contribution in [0.3, 0.4) is 0 Å². The second kappa shape index (κ2) is 8.83. The smallest absolute Gasteiger partial charge is 0.150 e. The van der Waals surface area contributed by atoms with E-state index in [2.05, 4.69) is 15.1 Å². The van der Waals surface area contributed by atoms with Crippen molar-refractivity contribution in [3.8, 4) is 11.3 Å². The van der Waals surface area contributed by atoms with E-state index in [1.54, 1.807) is 18.5 Å². The maximum atomic E-state index is 14.3. The number of aliphatic hydroxyl groups is 1. The van der Waals surface area contributed by atoms with E-state index in [9.17, 15) is 9.50 Å². The summed E-state index contributed by atoms with van der Waals surface area (Å²) in [6.07, 6.45) is 8.90. The fourth-order valence-corrected chi connectivity index (χ4v) is 7.95. The van der Waals surface area contributed by atoms with E-state index < -0.39 is 5.60 Å². The quantitative estimate of drug-likeness (QED) is 0.286. The molecule has 4 aromatic rings. The SMILES string of the molecule is Cc1cncc(Cl)c1-c1noc(C2CC2)c1CO[C@@H]1C[C@H]2CC[C@@H](C1)[C@]2(O)c1nc2c(F)cccc2s1. The molecule has 192 valence electrons. The van der Waals surface area contributed by atoms with E-state index in [0.29, 0.717) is 28.1 Å². The van der Waals surface area contributed by atoms with E-state index >= 15 is 0 Å². The lowest BCUT2D eigenvalue weighted by Crippen LogP contribution is -2.44. The van der Waals surface area contributed by atoms with Crippen LogP contribution in [0.2, 0.25) is 5.02 Å². The van der Waals surface area contributed by atoms with E-state index in [1.165, 1.54) is 17.4 Å². The van der Waals surface area contributed by atoms with Crippen molar-refractivity contribution in [3.05, 3.63) is 63.3 Å². The van der Waals surface area contributed by atoms with Crippen LogP contribution >= 0.6 is 22.9 Å². The zero-order valence-corrected chi connectivity index (χ0v) is 22.0. The number of fused-ring (bicyclic) bond motifs is 3. The summed E-state index contributed by atoms with van der Waals surface area (Å²) >= 11 is 7.93. The zero-order chi connectivity index (χ0) is 25.3. The number of thiazole rings is 1. The van der Waals surface area contributed by atoms with Crippen molar-refractivity contribution in [2.75, 3.05) is 0 Å². The largest absolute Gasteiger partial charge is 0.382 e. The van der Waals surface area contributed by atoms with Crippen LogP contribution in [-0.2, 0) is 16.9 Å². The highest BCUT2D eigenvalue weighted by molar-refractivity contribution is 7.18. The molecule has 7 rings (SSSR count). The Kier molecular flexibility index (Phi) is 5.66. The number of nitrogens with zero attached hydrogens (tertiary/aromatic N) is 3. The molecule has 9 heteroatoms. The Morgan fingerprint density at radius 2 is 1.97 bits per heavy atom. The van der Waals surface area contributed by atoms with Gasteiger partial charge in [0, 0.05) is 29.4 Å². The van der Waals surface area contributed by atoms with Gasteiger partial charge >= 0.3 is 0 Å². The third kappa shape index (κ3) is 3.83. The summed E-state index contributed by atoms with van der Waals surface area (Å²) in [5, 5.41) is 17.5. The first-order valence-electron chi connectivity index (χ1n) is 12.9. The Morgan fingerprint density at radius 3 is 2.68 bits per heavy atom. The third-order valence-electron chi connectivity index (χ3n) is 8.47. The Labute approximate surface area is 222 Å². The number of aryl methyl sites for hydroxylation is 1. The highest BCUT2D eigenvalue weighted by atomic mass is 35.5. The van der Waals surface area contributed by atoms with Crippen LogP contribution in [0.15, 0.2) is 35.1 Å². The van der Waals surface area contributed by atoms with Crippen LogP contribution in [0, 0.1) is 24.6 Å². The number of hydrogen-bond donors (Lipinski definition) is 1.